The molecule has 0 heterocycles. The van der Waals surface area contributed by atoms with Crippen molar-refractivity contribution in [2.24, 2.45) is 0 Å². The number of nitro groups is 1. The smallest absolute Gasteiger partial charge is 0.269 e. The minimum atomic E-state index is -0.361. The molecule has 112 valence electrons. The minimum absolute atomic E-state index is 0.158. The molecule has 0 aliphatic carbocycles. The topological polar surface area (TPSA) is 55.2 Å². The number of hydrogen-bond donors (Lipinski definition) is 1. The van der Waals surface area contributed by atoms with Gasteiger partial charge in [-0.15, -0.1) is 0 Å². The lowest BCUT2D eigenvalue weighted by molar-refractivity contribution is -0.384. The normalized spacial score (nSPS) is 12.3. The Morgan fingerprint density at radius 2 is 1.90 bits per heavy atom. The molecular weight excluding hydrogens is 252 g/mol. The van der Waals surface area contributed by atoms with Gasteiger partial charge >= 0.3 is 0 Å². The summed E-state index contributed by atoms with van der Waals surface area (Å²) in [5.74, 6) is 0. The molecule has 4 heteroatoms. The Balaban J connectivity index is 2.18. The van der Waals surface area contributed by atoms with Crippen molar-refractivity contribution < 1.29 is 4.92 Å². The maximum absolute atomic E-state index is 10.6. The van der Waals surface area contributed by atoms with Crippen LogP contribution in [-0.4, -0.2) is 17.5 Å². The van der Waals surface area contributed by atoms with Gasteiger partial charge in [-0.25, -0.2) is 0 Å². The third-order valence-electron chi connectivity index (χ3n) is 3.54. The highest BCUT2D eigenvalue weighted by Gasteiger charge is 2.04. The second kappa shape index (κ2) is 9.48. The Bertz CT molecular complexity index is 390. The van der Waals surface area contributed by atoms with Gasteiger partial charge in [0, 0.05) is 18.2 Å². The van der Waals surface area contributed by atoms with E-state index in [4.69, 9.17) is 0 Å². The van der Waals surface area contributed by atoms with Gasteiger partial charge < -0.3 is 5.32 Å². The van der Waals surface area contributed by atoms with Gasteiger partial charge in [0.05, 0.1) is 4.92 Å². The van der Waals surface area contributed by atoms with E-state index in [-0.39, 0.29) is 10.6 Å². The summed E-state index contributed by atoms with van der Waals surface area (Å²) in [4.78, 5) is 10.2. The quantitative estimate of drug-likeness (QED) is 0.398. The molecule has 0 amide bonds. The van der Waals surface area contributed by atoms with Crippen molar-refractivity contribution in [3.05, 3.63) is 39.9 Å². The zero-order chi connectivity index (χ0) is 14.8. The molecule has 1 aromatic carbocycles. The molecule has 1 atom stereocenters. The summed E-state index contributed by atoms with van der Waals surface area (Å²) in [6.45, 7) is 5.38. The first-order valence-electron chi connectivity index (χ1n) is 7.60. The average molecular weight is 278 g/mol. The maximum Gasteiger partial charge on any atom is 0.269 e. The van der Waals surface area contributed by atoms with Crippen LogP contribution in [0.5, 0.6) is 0 Å². The van der Waals surface area contributed by atoms with Gasteiger partial charge in [0.1, 0.15) is 0 Å². The van der Waals surface area contributed by atoms with Crippen LogP contribution in [0.25, 0.3) is 0 Å². The van der Waals surface area contributed by atoms with Crippen LogP contribution < -0.4 is 5.32 Å². The summed E-state index contributed by atoms with van der Waals surface area (Å²) >= 11 is 0. The molecule has 0 spiro atoms. The summed E-state index contributed by atoms with van der Waals surface area (Å²) in [6.07, 6.45) is 7.36. The third-order valence-corrected chi connectivity index (χ3v) is 3.54. The molecule has 0 radical (unpaired) electrons. The lowest BCUT2D eigenvalue weighted by atomic mass is 10.1. The van der Waals surface area contributed by atoms with Crippen LogP contribution in [-0.2, 0) is 6.42 Å². The number of unbranched alkanes of at least 4 members (excludes halogenated alkanes) is 3. The molecule has 1 N–H and O–H groups in total. The van der Waals surface area contributed by atoms with E-state index in [0.717, 1.165) is 18.5 Å². The first-order valence-corrected chi connectivity index (χ1v) is 7.60. The van der Waals surface area contributed by atoms with Crippen LogP contribution in [0.15, 0.2) is 24.3 Å². The number of nitrogens with zero attached hydrogens (tertiary/aromatic N) is 1. The SMILES string of the molecule is CCCCCCC(C)NCCc1ccc([N+](=O)[O-])cc1. The van der Waals surface area contributed by atoms with Crippen molar-refractivity contribution in [2.75, 3.05) is 6.54 Å². The molecule has 0 saturated carbocycles. The fourth-order valence-corrected chi connectivity index (χ4v) is 2.23. The molecule has 0 aliphatic rings. The van der Waals surface area contributed by atoms with E-state index in [1.807, 2.05) is 12.1 Å². The van der Waals surface area contributed by atoms with Gasteiger partial charge in [-0.05, 0) is 31.9 Å². The Hall–Kier alpha value is -1.42. The number of benzene rings is 1. The highest BCUT2D eigenvalue weighted by molar-refractivity contribution is 5.32. The average Bonchev–Trinajstić information content (AvgIpc) is 2.44. The van der Waals surface area contributed by atoms with E-state index >= 15 is 0 Å². The molecule has 1 aromatic rings. The summed E-state index contributed by atoms with van der Waals surface area (Å²) in [5.41, 5.74) is 1.30. The predicted octanol–water partition coefficient (Wildman–Crippen LogP) is 4.09. The minimum Gasteiger partial charge on any atom is -0.314 e. The van der Waals surface area contributed by atoms with E-state index in [1.54, 1.807) is 12.1 Å². The van der Waals surface area contributed by atoms with Crippen molar-refractivity contribution in [3.63, 3.8) is 0 Å². The third kappa shape index (κ3) is 6.66. The standard InChI is InChI=1S/C16H26N2O2/c1-3-4-5-6-7-14(2)17-13-12-15-8-10-16(11-9-15)18(19)20/h8-11,14,17H,3-7,12-13H2,1-2H3. The molecule has 0 aliphatic heterocycles. The fourth-order valence-electron chi connectivity index (χ4n) is 2.23. The predicted molar refractivity (Wildman–Crippen MR) is 83.0 cm³/mol. The highest BCUT2D eigenvalue weighted by atomic mass is 16.6. The lowest BCUT2D eigenvalue weighted by Gasteiger charge is -2.13. The van der Waals surface area contributed by atoms with Gasteiger partial charge in [0.2, 0.25) is 0 Å². The maximum atomic E-state index is 10.6. The number of non-ortho nitro benzene ring substituents is 1. The van der Waals surface area contributed by atoms with Gasteiger partial charge in [-0.3, -0.25) is 10.1 Å². The second-order valence-corrected chi connectivity index (χ2v) is 5.38. The van der Waals surface area contributed by atoms with Gasteiger partial charge in [-0.1, -0.05) is 44.7 Å². The molecule has 1 rings (SSSR count). The Labute approximate surface area is 121 Å². The second-order valence-electron chi connectivity index (χ2n) is 5.38. The molecule has 0 aromatic heterocycles. The largest absolute Gasteiger partial charge is 0.314 e. The van der Waals surface area contributed by atoms with Crippen LogP contribution in [0.2, 0.25) is 0 Å². The lowest BCUT2D eigenvalue weighted by Crippen LogP contribution is -2.27. The first kappa shape index (κ1) is 16.6. The van der Waals surface area contributed by atoms with Crippen molar-refractivity contribution in [1.29, 1.82) is 0 Å². The van der Waals surface area contributed by atoms with E-state index in [0.29, 0.717) is 6.04 Å². The number of nitro benzene ring substituents is 1. The van der Waals surface area contributed by atoms with Crippen LogP contribution in [0, 0.1) is 10.1 Å². The van der Waals surface area contributed by atoms with Crippen molar-refractivity contribution in [2.45, 2.75) is 58.4 Å². The summed E-state index contributed by atoms with van der Waals surface area (Å²) < 4.78 is 0. The molecule has 0 saturated heterocycles. The first-order chi connectivity index (χ1) is 9.63. The number of nitrogens with one attached hydrogen (secondary N) is 1. The van der Waals surface area contributed by atoms with Gasteiger partial charge in [-0.2, -0.15) is 0 Å². The number of hydrogen-bond acceptors (Lipinski definition) is 3. The molecule has 0 fully saturated rings. The molecule has 0 bridgehead atoms. The summed E-state index contributed by atoms with van der Waals surface area (Å²) in [5, 5.41) is 14.1. The Morgan fingerprint density at radius 1 is 1.20 bits per heavy atom. The van der Waals surface area contributed by atoms with Crippen molar-refractivity contribution in [3.8, 4) is 0 Å². The van der Waals surface area contributed by atoms with Gasteiger partial charge in [0.25, 0.3) is 5.69 Å². The summed E-state index contributed by atoms with van der Waals surface area (Å²) in [7, 11) is 0. The Kier molecular flexibility index (Phi) is 7.88. The van der Waals surface area contributed by atoms with Crippen LogP contribution in [0.3, 0.4) is 0 Å². The molecule has 4 nitrogen and oxygen atoms in total. The molecular formula is C16H26N2O2. The van der Waals surface area contributed by atoms with E-state index < -0.39 is 0 Å². The highest BCUT2D eigenvalue weighted by Crippen LogP contribution is 2.12. The van der Waals surface area contributed by atoms with Crippen molar-refractivity contribution >= 4 is 5.69 Å². The summed E-state index contributed by atoms with van der Waals surface area (Å²) in [6, 6.07) is 7.37. The zero-order valence-electron chi connectivity index (χ0n) is 12.6. The monoisotopic (exact) mass is 278 g/mol. The van der Waals surface area contributed by atoms with Crippen molar-refractivity contribution in [1.82, 2.24) is 5.32 Å². The van der Waals surface area contributed by atoms with E-state index in [1.165, 1.54) is 32.1 Å². The van der Waals surface area contributed by atoms with Gasteiger partial charge in [0.15, 0.2) is 0 Å². The molecule has 20 heavy (non-hydrogen) atoms. The molecule has 1 unspecified atom stereocenters. The Morgan fingerprint density at radius 3 is 2.50 bits per heavy atom. The number of rotatable bonds is 10. The van der Waals surface area contributed by atoms with Crippen LogP contribution >= 0.6 is 0 Å². The van der Waals surface area contributed by atoms with Crippen LogP contribution in [0.1, 0.15) is 51.5 Å². The fraction of sp³-hybridized carbons (Fsp3) is 0.625. The van der Waals surface area contributed by atoms with E-state index in [2.05, 4.69) is 19.2 Å². The zero-order valence-corrected chi connectivity index (χ0v) is 12.6. The van der Waals surface area contributed by atoms with E-state index in [9.17, 15) is 10.1 Å². The van der Waals surface area contributed by atoms with Crippen LogP contribution in [0.4, 0.5) is 5.69 Å².